The molecule has 1 atom stereocenters. The number of rotatable bonds is 5. The van der Waals surface area contributed by atoms with Crippen molar-refractivity contribution in [2.24, 2.45) is 13.0 Å². The van der Waals surface area contributed by atoms with Crippen LogP contribution in [0, 0.1) is 5.92 Å². The monoisotopic (exact) mass is 341 g/mol. The zero-order valence-electron chi connectivity index (χ0n) is 14.4. The number of nitrogens with zero attached hydrogens (tertiary/aromatic N) is 3. The van der Waals surface area contributed by atoms with Crippen molar-refractivity contribution in [2.75, 3.05) is 13.1 Å². The van der Waals surface area contributed by atoms with Crippen molar-refractivity contribution in [3.05, 3.63) is 42.1 Å². The number of carbonyl (C=O) groups excluding carboxylic acids is 1. The Morgan fingerprint density at radius 3 is 2.76 bits per heavy atom. The van der Waals surface area contributed by atoms with Crippen LogP contribution in [0.4, 0.5) is 0 Å². The van der Waals surface area contributed by atoms with Crippen molar-refractivity contribution in [2.45, 2.75) is 25.7 Å². The van der Waals surface area contributed by atoms with Gasteiger partial charge in [-0.3, -0.25) is 14.3 Å². The first-order valence-corrected chi connectivity index (χ1v) is 8.64. The second-order valence-corrected chi connectivity index (χ2v) is 6.59. The molecular weight excluding hydrogens is 318 g/mol. The van der Waals surface area contributed by atoms with Gasteiger partial charge in [0.1, 0.15) is 0 Å². The first-order valence-electron chi connectivity index (χ1n) is 8.64. The number of carbonyl (C=O) groups is 2. The topological polar surface area (TPSA) is 75.4 Å². The van der Waals surface area contributed by atoms with E-state index in [9.17, 15) is 9.59 Å². The summed E-state index contributed by atoms with van der Waals surface area (Å²) in [6, 6.07) is 9.78. The van der Waals surface area contributed by atoms with E-state index in [4.69, 9.17) is 5.11 Å². The van der Waals surface area contributed by atoms with Gasteiger partial charge < -0.3 is 10.0 Å². The summed E-state index contributed by atoms with van der Waals surface area (Å²) in [5, 5.41) is 13.1. The molecule has 6 heteroatoms. The number of carboxylic acids is 1. The largest absolute Gasteiger partial charge is 0.481 e. The van der Waals surface area contributed by atoms with Crippen molar-refractivity contribution in [1.82, 2.24) is 14.7 Å². The maximum absolute atomic E-state index is 13.0. The smallest absolute Gasteiger partial charge is 0.303 e. The third-order valence-corrected chi connectivity index (χ3v) is 4.79. The lowest BCUT2D eigenvalue weighted by molar-refractivity contribution is -0.137. The highest BCUT2D eigenvalue weighted by molar-refractivity contribution is 6.00. The van der Waals surface area contributed by atoms with Gasteiger partial charge in [-0.1, -0.05) is 30.3 Å². The van der Waals surface area contributed by atoms with E-state index >= 15 is 0 Å². The Balaban J connectivity index is 1.78. The molecule has 0 radical (unpaired) electrons. The average Bonchev–Trinajstić information content (AvgIpc) is 3.02. The lowest BCUT2D eigenvalue weighted by Gasteiger charge is -2.32. The molecule has 1 saturated heterocycles. The minimum Gasteiger partial charge on any atom is -0.481 e. The van der Waals surface area contributed by atoms with Crippen LogP contribution in [0.3, 0.4) is 0 Å². The molecule has 3 rings (SSSR count). The molecule has 2 aromatic rings. The van der Waals surface area contributed by atoms with E-state index in [1.54, 1.807) is 10.9 Å². The summed E-state index contributed by atoms with van der Waals surface area (Å²) in [5.74, 6) is -0.542. The standard InChI is InChI=1S/C19H23N3O3/c1-21-18(15-7-3-2-4-8-15)16(12-20-21)19(25)22-11-5-6-14(13-22)9-10-17(23)24/h2-4,7-8,12,14H,5-6,9-11,13H2,1H3,(H,23,24). The first-order chi connectivity index (χ1) is 12.1. The Bertz CT molecular complexity index is 755. The van der Waals surface area contributed by atoms with Crippen molar-refractivity contribution < 1.29 is 14.7 Å². The molecule has 1 aromatic carbocycles. The molecule has 0 saturated carbocycles. The van der Waals surface area contributed by atoms with Gasteiger partial charge in [-0.25, -0.2) is 0 Å². The highest BCUT2D eigenvalue weighted by Gasteiger charge is 2.27. The fraction of sp³-hybridized carbons (Fsp3) is 0.421. The van der Waals surface area contributed by atoms with E-state index < -0.39 is 5.97 Å². The SMILES string of the molecule is Cn1ncc(C(=O)N2CCCC(CCC(=O)O)C2)c1-c1ccccc1. The maximum atomic E-state index is 13.0. The molecular formula is C19H23N3O3. The van der Waals surface area contributed by atoms with Crippen LogP contribution < -0.4 is 0 Å². The van der Waals surface area contributed by atoms with Gasteiger partial charge in [-0.15, -0.1) is 0 Å². The van der Waals surface area contributed by atoms with Crippen LogP contribution >= 0.6 is 0 Å². The van der Waals surface area contributed by atoms with Gasteiger partial charge in [0.05, 0.1) is 17.5 Å². The summed E-state index contributed by atoms with van der Waals surface area (Å²) < 4.78 is 1.73. The molecule has 6 nitrogen and oxygen atoms in total. The molecule has 2 heterocycles. The zero-order chi connectivity index (χ0) is 17.8. The Kier molecular flexibility index (Phi) is 5.16. The predicted octanol–water partition coefficient (Wildman–Crippen LogP) is 2.80. The van der Waals surface area contributed by atoms with Gasteiger partial charge >= 0.3 is 5.97 Å². The molecule has 1 aromatic heterocycles. The minimum atomic E-state index is -0.776. The van der Waals surface area contributed by atoms with Crippen LogP contribution in [0.15, 0.2) is 36.5 Å². The Morgan fingerprint density at radius 2 is 2.04 bits per heavy atom. The van der Waals surface area contributed by atoms with E-state index in [0.29, 0.717) is 25.1 Å². The third kappa shape index (κ3) is 3.90. The number of aliphatic carboxylic acids is 1. The number of aromatic nitrogens is 2. The van der Waals surface area contributed by atoms with Crippen LogP contribution in [0.1, 0.15) is 36.0 Å². The summed E-state index contributed by atoms with van der Waals surface area (Å²) in [6.07, 6.45) is 4.31. The highest BCUT2D eigenvalue weighted by Crippen LogP contribution is 2.27. The molecule has 1 fully saturated rings. The summed E-state index contributed by atoms with van der Waals surface area (Å²) in [5.41, 5.74) is 2.39. The zero-order valence-corrected chi connectivity index (χ0v) is 14.4. The first kappa shape index (κ1) is 17.2. The number of benzene rings is 1. The van der Waals surface area contributed by atoms with Crippen molar-refractivity contribution >= 4 is 11.9 Å². The van der Waals surface area contributed by atoms with Crippen LogP contribution in [0.2, 0.25) is 0 Å². The molecule has 1 amide bonds. The Morgan fingerprint density at radius 1 is 1.28 bits per heavy atom. The lowest BCUT2D eigenvalue weighted by Crippen LogP contribution is -2.40. The number of piperidine rings is 1. The number of aryl methyl sites for hydroxylation is 1. The van der Waals surface area contributed by atoms with Crippen LogP contribution in [-0.4, -0.2) is 44.8 Å². The minimum absolute atomic E-state index is 0.0213. The maximum Gasteiger partial charge on any atom is 0.303 e. The molecule has 0 bridgehead atoms. The van der Waals surface area contributed by atoms with E-state index in [0.717, 1.165) is 24.1 Å². The molecule has 132 valence electrons. The molecule has 0 spiro atoms. The van der Waals surface area contributed by atoms with Crippen molar-refractivity contribution in [1.29, 1.82) is 0 Å². The second-order valence-electron chi connectivity index (χ2n) is 6.59. The molecule has 1 aliphatic rings. The third-order valence-electron chi connectivity index (χ3n) is 4.79. The van der Waals surface area contributed by atoms with Crippen LogP contribution in [0.5, 0.6) is 0 Å². The fourth-order valence-corrected chi connectivity index (χ4v) is 3.52. The number of amides is 1. The molecule has 0 aliphatic carbocycles. The van der Waals surface area contributed by atoms with Gasteiger partial charge in [-0.05, 0) is 25.2 Å². The van der Waals surface area contributed by atoms with Gasteiger partial charge in [0.2, 0.25) is 0 Å². The quantitative estimate of drug-likeness (QED) is 0.907. The molecule has 25 heavy (non-hydrogen) atoms. The van der Waals surface area contributed by atoms with E-state index in [2.05, 4.69) is 5.10 Å². The second kappa shape index (κ2) is 7.51. The van der Waals surface area contributed by atoms with Gasteiger partial charge in [-0.2, -0.15) is 5.10 Å². The summed E-state index contributed by atoms with van der Waals surface area (Å²) in [6.45, 7) is 1.33. The molecule has 1 N–H and O–H groups in total. The summed E-state index contributed by atoms with van der Waals surface area (Å²) in [4.78, 5) is 25.7. The highest BCUT2D eigenvalue weighted by atomic mass is 16.4. The molecule has 1 aliphatic heterocycles. The van der Waals surface area contributed by atoms with E-state index in [-0.39, 0.29) is 18.2 Å². The van der Waals surface area contributed by atoms with Crippen molar-refractivity contribution in [3.8, 4) is 11.3 Å². The normalized spacial score (nSPS) is 17.5. The fourth-order valence-electron chi connectivity index (χ4n) is 3.52. The number of likely N-dealkylation sites (tertiary alicyclic amines) is 1. The Hall–Kier alpha value is -2.63. The van der Waals surface area contributed by atoms with Crippen LogP contribution in [0.25, 0.3) is 11.3 Å². The Labute approximate surface area is 147 Å². The summed E-state index contributed by atoms with van der Waals surface area (Å²) in [7, 11) is 1.84. The lowest BCUT2D eigenvalue weighted by atomic mass is 9.93. The summed E-state index contributed by atoms with van der Waals surface area (Å²) >= 11 is 0. The van der Waals surface area contributed by atoms with Crippen LogP contribution in [-0.2, 0) is 11.8 Å². The number of carboxylic acid groups (broad SMARTS) is 1. The average molecular weight is 341 g/mol. The number of hydrogen-bond donors (Lipinski definition) is 1. The van der Waals surface area contributed by atoms with E-state index in [1.165, 1.54) is 0 Å². The number of hydrogen-bond acceptors (Lipinski definition) is 3. The van der Waals surface area contributed by atoms with Gasteiger partial charge in [0, 0.05) is 32.1 Å². The predicted molar refractivity (Wildman–Crippen MR) is 94.1 cm³/mol. The van der Waals surface area contributed by atoms with Gasteiger partial charge in [0.25, 0.3) is 5.91 Å². The van der Waals surface area contributed by atoms with Crippen molar-refractivity contribution in [3.63, 3.8) is 0 Å². The molecule has 1 unspecified atom stereocenters. The van der Waals surface area contributed by atoms with Gasteiger partial charge in [0.15, 0.2) is 0 Å². The van der Waals surface area contributed by atoms with E-state index in [1.807, 2.05) is 42.3 Å².